The van der Waals surface area contributed by atoms with E-state index in [4.69, 9.17) is 9.05 Å². The van der Waals surface area contributed by atoms with E-state index in [1.54, 1.807) is 0 Å². The van der Waals surface area contributed by atoms with E-state index < -0.39 is 7.60 Å². The van der Waals surface area contributed by atoms with Crippen LogP contribution in [0.2, 0.25) is 0 Å². The van der Waals surface area contributed by atoms with Crippen molar-refractivity contribution in [1.82, 2.24) is 15.3 Å². The zero-order valence-electron chi connectivity index (χ0n) is 8.84. The van der Waals surface area contributed by atoms with E-state index in [1.807, 2.05) is 0 Å². The summed E-state index contributed by atoms with van der Waals surface area (Å²) in [6.45, 7) is 0. The summed E-state index contributed by atoms with van der Waals surface area (Å²) in [5, 5.41) is 2.28. The highest BCUT2D eigenvalue weighted by atomic mass is 31.2. The van der Waals surface area contributed by atoms with Gasteiger partial charge in [-0.15, -0.1) is 0 Å². The third-order valence-corrected chi connectivity index (χ3v) is 3.60. The van der Waals surface area contributed by atoms with Gasteiger partial charge in [0.2, 0.25) is 6.41 Å². The maximum absolute atomic E-state index is 12.0. The first kappa shape index (κ1) is 12.6. The lowest BCUT2D eigenvalue weighted by molar-refractivity contribution is -0.108. The Bertz CT molecular complexity index is 407. The van der Waals surface area contributed by atoms with Gasteiger partial charge in [-0.2, -0.15) is 0 Å². The molecule has 0 spiro atoms. The number of amides is 1. The van der Waals surface area contributed by atoms with Crippen LogP contribution in [0.25, 0.3) is 6.08 Å². The van der Waals surface area contributed by atoms with Crippen LogP contribution in [0.1, 0.15) is 5.69 Å². The molecule has 0 aromatic carbocycles. The van der Waals surface area contributed by atoms with Gasteiger partial charge in [0, 0.05) is 14.2 Å². The number of nitrogens with one attached hydrogen (secondary N) is 2. The molecule has 0 unspecified atom stereocenters. The monoisotopic (exact) mass is 245 g/mol. The number of hydrogen-bond donors (Lipinski definition) is 2. The molecule has 0 aliphatic rings. The van der Waals surface area contributed by atoms with E-state index in [2.05, 4.69) is 15.3 Å². The van der Waals surface area contributed by atoms with Crippen LogP contribution in [-0.4, -0.2) is 30.6 Å². The summed E-state index contributed by atoms with van der Waals surface area (Å²) in [5.74, 6) is 0. The topological polar surface area (TPSA) is 93.3 Å². The molecule has 16 heavy (non-hydrogen) atoms. The molecule has 1 amide bonds. The maximum atomic E-state index is 12.0. The summed E-state index contributed by atoms with van der Waals surface area (Å²) in [4.78, 5) is 17.0. The Balaban J connectivity index is 3.08. The van der Waals surface area contributed by atoms with Gasteiger partial charge < -0.3 is 19.3 Å². The third kappa shape index (κ3) is 2.79. The molecule has 0 bridgehead atoms. The minimum absolute atomic E-state index is 0.0387. The number of hydrogen-bond acceptors (Lipinski definition) is 5. The van der Waals surface area contributed by atoms with E-state index in [0.717, 1.165) is 0 Å². The van der Waals surface area contributed by atoms with Gasteiger partial charge in [-0.1, -0.05) is 0 Å². The largest absolute Gasteiger partial charge is 0.377 e. The van der Waals surface area contributed by atoms with Crippen LogP contribution in [0, 0.1) is 0 Å². The van der Waals surface area contributed by atoms with Gasteiger partial charge in [-0.25, -0.2) is 4.98 Å². The molecule has 8 heteroatoms. The maximum Gasteiger partial charge on any atom is 0.377 e. The number of rotatable bonds is 6. The molecule has 0 saturated heterocycles. The van der Waals surface area contributed by atoms with Crippen molar-refractivity contribution in [3.8, 4) is 0 Å². The molecule has 0 radical (unpaired) electrons. The SMILES string of the molecule is COP(=O)(OC)/C(=C/c1cnc[nH]1)NC=O. The molecular weight excluding hydrogens is 233 g/mol. The van der Waals surface area contributed by atoms with E-state index >= 15 is 0 Å². The molecule has 0 saturated carbocycles. The van der Waals surface area contributed by atoms with Crippen molar-refractivity contribution in [2.24, 2.45) is 0 Å². The Kier molecular flexibility index (Phi) is 4.42. The average Bonchev–Trinajstić information content (AvgIpc) is 2.80. The number of nitrogens with zero attached hydrogens (tertiary/aromatic N) is 1. The fourth-order valence-electron chi connectivity index (χ4n) is 1.02. The van der Waals surface area contributed by atoms with Crippen molar-refractivity contribution in [2.45, 2.75) is 0 Å². The number of H-pyrrole nitrogens is 1. The zero-order valence-corrected chi connectivity index (χ0v) is 9.73. The number of carbonyl (C=O) groups excluding carboxylic acids is 1. The van der Waals surface area contributed by atoms with Crippen LogP contribution in [0.15, 0.2) is 18.0 Å². The van der Waals surface area contributed by atoms with E-state index in [-0.39, 0.29) is 5.44 Å². The lowest BCUT2D eigenvalue weighted by atomic mass is 10.5. The second-order valence-electron chi connectivity index (χ2n) is 2.66. The van der Waals surface area contributed by atoms with Crippen LogP contribution in [0.5, 0.6) is 0 Å². The molecule has 0 atom stereocenters. The quantitative estimate of drug-likeness (QED) is 0.574. The fraction of sp³-hybridized carbons (Fsp3) is 0.250. The summed E-state index contributed by atoms with van der Waals surface area (Å²) >= 11 is 0. The number of carbonyl (C=O) groups is 1. The lowest BCUT2D eigenvalue weighted by Gasteiger charge is -2.15. The van der Waals surface area contributed by atoms with E-state index in [0.29, 0.717) is 12.1 Å². The minimum Gasteiger partial charge on any atom is -0.345 e. The predicted molar refractivity (Wildman–Crippen MR) is 57.4 cm³/mol. The lowest BCUT2D eigenvalue weighted by Crippen LogP contribution is -2.12. The summed E-state index contributed by atoms with van der Waals surface area (Å²) < 4.78 is 21.5. The molecule has 7 nitrogen and oxygen atoms in total. The first-order valence-electron chi connectivity index (χ1n) is 4.28. The normalized spacial score (nSPS) is 12.5. The highest BCUT2D eigenvalue weighted by Gasteiger charge is 2.27. The second kappa shape index (κ2) is 5.60. The van der Waals surface area contributed by atoms with Crippen LogP contribution in [0.4, 0.5) is 0 Å². The number of imidazole rings is 1. The molecule has 0 fully saturated rings. The number of aromatic amines is 1. The number of aromatic nitrogens is 2. The first-order chi connectivity index (χ1) is 7.66. The summed E-state index contributed by atoms with van der Waals surface area (Å²) in [6, 6.07) is 0. The van der Waals surface area contributed by atoms with Crippen LogP contribution < -0.4 is 5.32 Å². The Morgan fingerprint density at radius 1 is 1.56 bits per heavy atom. The molecule has 1 aromatic rings. The van der Waals surface area contributed by atoms with Gasteiger partial charge in [-0.05, 0) is 6.08 Å². The van der Waals surface area contributed by atoms with Crippen molar-refractivity contribution >= 4 is 20.1 Å². The minimum atomic E-state index is -3.48. The molecule has 1 rings (SSSR count). The smallest absolute Gasteiger partial charge is 0.345 e. The Hall–Kier alpha value is -1.43. The molecule has 0 aliphatic heterocycles. The van der Waals surface area contributed by atoms with E-state index in [9.17, 15) is 9.36 Å². The van der Waals surface area contributed by atoms with Gasteiger partial charge in [0.15, 0.2) is 0 Å². The standard InChI is InChI=1S/C8H12N3O4P/c1-14-16(13,15-2)8(11-6-12)3-7-4-9-5-10-7/h3-6H,1-2H3,(H,9,10)(H,11,12)/b8-3+. The second-order valence-corrected chi connectivity index (χ2v) is 4.87. The van der Waals surface area contributed by atoms with E-state index in [1.165, 1.54) is 32.8 Å². The van der Waals surface area contributed by atoms with Crippen molar-refractivity contribution in [3.63, 3.8) is 0 Å². The molecule has 1 heterocycles. The van der Waals surface area contributed by atoms with Crippen molar-refractivity contribution < 1.29 is 18.4 Å². The predicted octanol–water partition coefficient (Wildman–Crippen LogP) is 0.940. The first-order valence-corrected chi connectivity index (χ1v) is 5.83. The summed E-state index contributed by atoms with van der Waals surface area (Å²) in [7, 11) is -1.01. The van der Waals surface area contributed by atoms with Crippen LogP contribution >= 0.6 is 7.60 Å². The van der Waals surface area contributed by atoms with Crippen molar-refractivity contribution in [2.75, 3.05) is 14.2 Å². The van der Waals surface area contributed by atoms with Gasteiger partial charge in [-0.3, -0.25) is 9.36 Å². The zero-order chi connectivity index (χ0) is 12.0. The van der Waals surface area contributed by atoms with Gasteiger partial charge in [0.05, 0.1) is 18.2 Å². The Morgan fingerprint density at radius 2 is 2.25 bits per heavy atom. The molecule has 88 valence electrons. The van der Waals surface area contributed by atoms with Gasteiger partial charge in [0.1, 0.15) is 5.44 Å². The van der Waals surface area contributed by atoms with Crippen LogP contribution in [0.3, 0.4) is 0 Å². The highest BCUT2D eigenvalue weighted by Crippen LogP contribution is 2.53. The van der Waals surface area contributed by atoms with Gasteiger partial charge in [0.25, 0.3) is 0 Å². The summed E-state index contributed by atoms with van der Waals surface area (Å²) in [5.41, 5.74) is 0.607. The molecule has 2 N–H and O–H groups in total. The average molecular weight is 245 g/mol. The Labute approximate surface area is 92.4 Å². The summed E-state index contributed by atoms with van der Waals surface area (Å²) in [6.07, 6.45) is 4.78. The molecule has 1 aromatic heterocycles. The highest BCUT2D eigenvalue weighted by molar-refractivity contribution is 7.58. The molecular formula is C8H12N3O4P. The van der Waals surface area contributed by atoms with Crippen molar-refractivity contribution in [1.29, 1.82) is 0 Å². The fourth-order valence-corrected chi connectivity index (χ4v) is 2.07. The Morgan fingerprint density at radius 3 is 2.69 bits per heavy atom. The van der Waals surface area contributed by atoms with Gasteiger partial charge >= 0.3 is 7.60 Å². The van der Waals surface area contributed by atoms with Crippen molar-refractivity contribution in [3.05, 3.63) is 23.7 Å². The van der Waals surface area contributed by atoms with Crippen LogP contribution in [-0.2, 0) is 18.4 Å². The third-order valence-electron chi connectivity index (χ3n) is 1.79. The molecule has 0 aliphatic carbocycles.